The average molecular weight is 359 g/mol. The van der Waals surface area contributed by atoms with Gasteiger partial charge < -0.3 is 15.4 Å². The van der Waals surface area contributed by atoms with Crippen molar-refractivity contribution in [3.05, 3.63) is 53.1 Å². The van der Waals surface area contributed by atoms with Gasteiger partial charge in [-0.1, -0.05) is 23.7 Å². The zero-order valence-electron chi connectivity index (χ0n) is 14.1. The van der Waals surface area contributed by atoms with Gasteiger partial charge in [0.05, 0.1) is 18.2 Å². The van der Waals surface area contributed by atoms with Gasteiger partial charge in [-0.15, -0.1) is 0 Å². The van der Waals surface area contributed by atoms with Crippen LogP contribution in [0.2, 0.25) is 5.02 Å². The third-order valence-corrected chi connectivity index (χ3v) is 4.60. The van der Waals surface area contributed by atoms with Gasteiger partial charge >= 0.3 is 0 Å². The molecule has 0 aromatic heterocycles. The van der Waals surface area contributed by atoms with Crippen molar-refractivity contribution in [1.82, 2.24) is 0 Å². The van der Waals surface area contributed by atoms with Crippen LogP contribution < -0.4 is 15.4 Å². The van der Waals surface area contributed by atoms with Crippen LogP contribution in [0.25, 0.3) is 0 Å². The Kier molecular flexibility index (Phi) is 4.68. The van der Waals surface area contributed by atoms with Crippen molar-refractivity contribution in [2.75, 3.05) is 17.7 Å². The quantitative estimate of drug-likeness (QED) is 0.849. The van der Waals surface area contributed by atoms with Crippen LogP contribution in [0.4, 0.5) is 11.4 Å². The Labute approximate surface area is 151 Å². The number of rotatable bonds is 5. The second-order valence-corrected chi connectivity index (χ2v) is 6.58. The number of halogens is 1. The Morgan fingerprint density at radius 1 is 1.08 bits per heavy atom. The molecule has 0 unspecified atom stereocenters. The molecule has 0 radical (unpaired) electrons. The highest BCUT2D eigenvalue weighted by atomic mass is 35.5. The summed E-state index contributed by atoms with van der Waals surface area (Å²) in [6, 6.07) is 12.5. The number of anilines is 2. The lowest BCUT2D eigenvalue weighted by Crippen LogP contribution is -2.27. The number of benzene rings is 2. The molecule has 0 atom stereocenters. The third-order valence-electron chi connectivity index (χ3n) is 4.35. The van der Waals surface area contributed by atoms with E-state index in [0.717, 1.165) is 18.4 Å². The van der Waals surface area contributed by atoms with E-state index >= 15 is 0 Å². The highest BCUT2D eigenvalue weighted by molar-refractivity contribution is 6.30. The second kappa shape index (κ2) is 6.76. The first-order valence-electron chi connectivity index (χ1n) is 7.98. The number of carbonyl (C=O) groups excluding carboxylic acids is 2. The lowest BCUT2D eigenvalue weighted by molar-refractivity contribution is -0.118. The molecule has 0 bridgehead atoms. The summed E-state index contributed by atoms with van der Waals surface area (Å²) in [5.41, 5.74) is 1.59. The Morgan fingerprint density at radius 3 is 2.32 bits per heavy atom. The normalized spacial score (nSPS) is 14.5. The van der Waals surface area contributed by atoms with Crippen LogP contribution in [0.15, 0.2) is 42.5 Å². The molecule has 25 heavy (non-hydrogen) atoms. The summed E-state index contributed by atoms with van der Waals surface area (Å²) in [6.07, 6.45) is 1.60. The first kappa shape index (κ1) is 17.3. The number of methoxy groups -OCH3 is 1. The van der Waals surface area contributed by atoms with Crippen molar-refractivity contribution in [3.63, 3.8) is 0 Å². The molecule has 2 aromatic carbocycles. The highest BCUT2D eigenvalue weighted by Crippen LogP contribution is 2.49. The van der Waals surface area contributed by atoms with Crippen molar-refractivity contribution < 1.29 is 14.3 Å². The highest BCUT2D eigenvalue weighted by Gasteiger charge is 2.51. The molecule has 0 aliphatic heterocycles. The summed E-state index contributed by atoms with van der Waals surface area (Å²) in [5, 5.41) is 6.29. The Morgan fingerprint density at radius 2 is 1.76 bits per heavy atom. The number of ether oxygens (including phenoxy) is 1. The van der Waals surface area contributed by atoms with Crippen LogP contribution in [-0.2, 0) is 15.0 Å². The summed E-state index contributed by atoms with van der Waals surface area (Å²) in [7, 11) is 1.53. The van der Waals surface area contributed by atoms with E-state index in [9.17, 15) is 9.59 Å². The Balaban J connectivity index is 1.81. The molecule has 1 aliphatic rings. The van der Waals surface area contributed by atoms with E-state index in [1.54, 1.807) is 30.3 Å². The summed E-state index contributed by atoms with van der Waals surface area (Å²) >= 11 is 5.93. The predicted octanol–water partition coefficient (Wildman–Crippen LogP) is 3.98. The van der Waals surface area contributed by atoms with Crippen molar-refractivity contribution >= 4 is 34.8 Å². The fourth-order valence-corrected chi connectivity index (χ4v) is 2.99. The lowest BCUT2D eigenvalue weighted by Gasteiger charge is -2.17. The van der Waals surface area contributed by atoms with Gasteiger partial charge in [-0.25, -0.2) is 0 Å². The maximum atomic E-state index is 12.8. The summed E-state index contributed by atoms with van der Waals surface area (Å²) in [5.74, 6) is 0.266. The first-order valence-corrected chi connectivity index (χ1v) is 8.35. The number of hydrogen-bond donors (Lipinski definition) is 2. The zero-order chi connectivity index (χ0) is 18.0. The molecule has 1 aliphatic carbocycles. The number of hydrogen-bond acceptors (Lipinski definition) is 3. The van der Waals surface area contributed by atoms with Gasteiger partial charge in [-0.3, -0.25) is 9.59 Å². The van der Waals surface area contributed by atoms with E-state index in [0.29, 0.717) is 22.1 Å². The molecular weight excluding hydrogens is 340 g/mol. The van der Waals surface area contributed by atoms with Crippen molar-refractivity contribution in [3.8, 4) is 5.75 Å². The predicted molar refractivity (Wildman–Crippen MR) is 98.3 cm³/mol. The number of amides is 2. The second-order valence-electron chi connectivity index (χ2n) is 6.14. The molecule has 0 spiro atoms. The number of carbonyl (C=O) groups is 2. The van der Waals surface area contributed by atoms with Gasteiger partial charge in [0, 0.05) is 17.6 Å². The molecule has 5 nitrogen and oxygen atoms in total. The van der Waals surface area contributed by atoms with Crippen LogP contribution >= 0.6 is 11.6 Å². The van der Waals surface area contributed by atoms with Crippen LogP contribution in [0.3, 0.4) is 0 Å². The van der Waals surface area contributed by atoms with Crippen LogP contribution in [0.1, 0.15) is 25.3 Å². The monoisotopic (exact) mass is 358 g/mol. The molecule has 3 rings (SSSR count). The molecule has 2 aromatic rings. The fraction of sp³-hybridized carbons (Fsp3) is 0.263. The average Bonchev–Trinajstić information content (AvgIpc) is 3.37. The lowest BCUT2D eigenvalue weighted by atomic mass is 9.95. The minimum atomic E-state index is -0.501. The van der Waals surface area contributed by atoms with E-state index in [4.69, 9.17) is 16.3 Å². The SMILES string of the molecule is COc1ccc(NC(=O)C2(c3ccc(Cl)cc3)CC2)cc1NC(C)=O. The van der Waals surface area contributed by atoms with Gasteiger partial charge in [-0.2, -0.15) is 0 Å². The van der Waals surface area contributed by atoms with Gasteiger partial charge in [0.25, 0.3) is 0 Å². The van der Waals surface area contributed by atoms with Crippen LogP contribution in [0.5, 0.6) is 5.75 Å². The topological polar surface area (TPSA) is 67.4 Å². The summed E-state index contributed by atoms with van der Waals surface area (Å²) in [4.78, 5) is 24.1. The van der Waals surface area contributed by atoms with Gasteiger partial charge in [0.1, 0.15) is 5.75 Å². The standard InChI is InChI=1S/C19H19ClN2O3/c1-12(23)21-16-11-15(7-8-17(16)25-2)22-18(24)19(9-10-19)13-3-5-14(20)6-4-13/h3-8,11H,9-10H2,1-2H3,(H,21,23)(H,22,24). The number of nitrogens with one attached hydrogen (secondary N) is 2. The molecule has 2 amide bonds. The van der Waals surface area contributed by atoms with Crippen molar-refractivity contribution in [1.29, 1.82) is 0 Å². The fourth-order valence-electron chi connectivity index (χ4n) is 2.86. The minimum absolute atomic E-state index is 0.0613. The molecule has 1 saturated carbocycles. The molecule has 2 N–H and O–H groups in total. The summed E-state index contributed by atoms with van der Waals surface area (Å²) < 4.78 is 5.23. The van der Waals surface area contributed by atoms with E-state index in [2.05, 4.69) is 10.6 Å². The van der Waals surface area contributed by atoms with E-state index in [1.807, 2.05) is 12.1 Å². The summed E-state index contributed by atoms with van der Waals surface area (Å²) in [6.45, 7) is 1.42. The largest absolute Gasteiger partial charge is 0.495 e. The molecule has 0 saturated heterocycles. The van der Waals surface area contributed by atoms with E-state index in [-0.39, 0.29) is 11.8 Å². The maximum Gasteiger partial charge on any atom is 0.235 e. The van der Waals surface area contributed by atoms with Crippen molar-refractivity contribution in [2.45, 2.75) is 25.2 Å². The molecule has 1 fully saturated rings. The molecule has 6 heteroatoms. The Bertz CT molecular complexity index is 814. The zero-order valence-corrected chi connectivity index (χ0v) is 14.8. The van der Waals surface area contributed by atoms with Crippen LogP contribution in [0, 0.1) is 0 Å². The maximum absolute atomic E-state index is 12.8. The van der Waals surface area contributed by atoms with Gasteiger partial charge in [0.15, 0.2) is 0 Å². The molecule has 130 valence electrons. The smallest absolute Gasteiger partial charge is 0.235 e. The molecular formula is C19H19ClN2O3. The van der Waals surface area contributed by atoms with Crippen molar-refractivity contribution in [2.24, 2.45) is 0 Å². The minimum Gasteiger partial charge on any atom is -0.495 e. The van der Waals surface area contributed by atoms with E-state index < -0.39 is 5.41 Å². The Hall–Kier alpha value is -2.53. The first-order chi connectivity index (χ1) is 11.9. The van der Waals surface area contributed by atoms with E-state index in [1.165, 1.54) is 14.0 Å². The van der Waals surface area contributed by atoms with Gasteiger partial charge in [0.2, 0.25) is 11.8 Å². The van der Waals surface area contributed by atoms with Crippen LogP contribution in [-0.4, -0.2) is 18.9 Å². The molecule has 0 heterocycles. The third kappa shape index (κ3) is 3.61. The van der Waals surface area contributed by atoms with Gasteiger partial charge in [-0.05, 0) is 48.7 Å².